The molecule has 0 fully saturated rings. The van der Waals surface area contributed by atoms with Crippen LogP contribution in [0.2, 0.25) is 0 Å². The highest BCUT2D eigenvalue weighted by molar-refractivity contribution is 6.55. The van der Waals surface area contributed by atoms with E-state index in [0.29, 0.717) is 5.92 Å². The largest absolute Gasteiger partial charge is 0.176 e. The summed E-state index contributed by atoms with van der Waals surface area (Å²) in [5.41, 5.74) is 5.61. The molecule has 0 nitrogen and oxygen atoms in total. The first-order valence-electron chi connectivity index (χ1n) is 6.07. The molecule has 0 saturated heterocycles. The first kappa shape index (κ1) is 11.3. The van der Waals surface area contributed by atoms with Gasteiger partial charge >= 0.3 is 0 Å². The summed E-state index contributed by atoms with van der Waals surface area (Å²) in [7, 11) is 2.24. The molecule has 0 amide bonds. The predicted octanol–water partition coefficient (Wildman–Crippen LogP) is 3.85. The Labute approximate surface area is 99.3 Å². The van der Waals surface area contributed by atoms with E-state index < -0.39 is 0 Å². The maximum atomic E-state index is 2.32. The summed E-state index contributed by atoms with van der Waals surface area (Å²) in [5.74, 6) is 2.85. The molecule has 0 spiro atoms. The maximum absolute atomic E-state index is 2.32. The highest BCUT2D eigenvalue weighted by Gasteiger charge is 2.13. The van der Waals surface area contributed by atoms with Crippen molar-refractivity contribution in [3.05, 3.63) is 52.9 Å². The second-order valence-corrected chi connectivity index (χ2v) is 4.60. The average molecular weight is 209 g/mol. The van der Waals surface area contributed by atoms with Crippen LogP contribution in [0.4, 0.5) is 0 Å². The third-order valence-electron chi connectivity index (χ3n) is 3.15. The van der Waals surface area contributed by atoms with Gasteiger partial charge in [0.05, 0.1) is 0 Å². The van der Waals surface area contributed by atoms with Crippen LogP contribution in [-0.2, 0) is 6.42 Å². The van der Waals surface area contributed by atoms with E-state index in [-0.39, 0.29) is 0 Å². The van der Waals surface area contributed by atoms with Crippen LogP contribution in [-0.4, -0.2) is 7.28 Å². The average Bonchev–Trinajstić information content (AvgIpc) is 2.78. The van der Waals surface area contributed by atoms with Crippen LogP contribution < -0.4 is 0 Å². The fraction of sp³-hybridized carbons (Fsp3) is 0.333. The zero-order chi connectivity index (χ0) is 11.5. The van der Waals surface area contributed by atoms with E-state index in [1.165, 1.54) is 22.2 Å². The summed E-state index contributed by atoms with van der Waals surface area (Å²) in [6.07, 6.45) is 3.41. The van der Waals surface area contributed by atoms with E-state index in [1.54, 1.807) is 0 Å². The fourth-order valence-electron chi connectivity index (χ4n) is 2.10. The smallest absolute Gasteiger partial charge is 0.109 e. The van der Waals surface area contributed by atoms with Crippen molar-refractivity contribution >= 4 is 12.9 Å². The maximum Gasteiger partial charge on any atom is 0.176 e. The Kier molecular flexibility index (Phi) is 3.33. The van der Waals surface area contributed by atoms with Crippen LogP contribution in [0.3, 0.4) is 0 Å². The Balaban J connectivity index is 2.33. The topological polar surface area (TPSA) is 0 Å². The van der Waals surface area contributed by atoms with E-state index in [0.717, 1.165) is 6.42 Å². The lowest BCUT2D eigenvalue weighted by atomic mass is 9.68. The minimum atomic E-state index is 0.613. The molecule has 16 heavy (non-hydrogen) atoms. The molecular formula is C15H18B. The van der Waals surface area contributed by atoms with Crippen molar-refractivity contribution in [2.45, 2.75) is 27.2 Å². The lowest BCUT2D eigenvalue weighted by Gasteiger charge is -2.08. The molecular weight excluding hydrogens is 191 g/mol. The Morgan fingerprint density at radius 1 is 1.19 bits per heavy atom. The molecule has 1 heteroatoms. The highest BCUT2D eigenvalue weighted by Crippen LogP contribution is 2.28. The number of hydrogen-bond acceptors (Lipinski definition) is 0. The SMILES string of the molecule is CCc1ccccc1C1=C[B]C(C(C)C)=C1. The van der Waals surface area contributed by atoms with Gasteiger partial charge in [-0.1, -0.05) is 51.1 Å². The van der Waals surface area contributed by atoms with Gasteiger partial charge in [0.25, 0.3) is 0 Å². The molecule has 0 aliphatic carbocycles. The number of hydrogen-bond donors (Lipinski definition) is 0. The lowest BCUT2D eigenvalue weighted by Crippen LogP contribution is -1.96. The summed E-state index contributed by atoms with van der Waals surface area (Å²) < 4.78 is 0. The zero-order valence-corrected chi connectivity index (χ0v) is 10.3. The summed E-state index contributed by atoms with van der Waals surface area (Å²) in [4.78, 5) is 0. The van der Waals surface area contributed by atoms with Gasteiger partial charge in [0, 0.05) is 0 Å². The van der Waals surface area contributed by atoms with E-state index in [2.05, 4.69) is 64.4 Å². The van der Waals surface area contributed by atoms with Gasteiger partial charge in [0.2, 0.25) is 0 Å². The zero-order valence-electron chi connectivity index (χ0n) is 10.3. The van der Waals surface area contributed by atoms with E-state index >= 15 is 0 Å². The van der Waals surface area contributed by atoms with Gasteiger partial charge in [-0.15, -0.1) is 11.4 Å². The summed E-state index contributed by atoms with van der Waals surface area (Å²) in [6, 6.07) is 8.68. The first-order valence-corrected chi connectivity index (χ1v) is 6.07. The molecule has 1 aliphatic heterocycles. The van der Waals surface area contributed by atoms with Gasteiger partial charge in [-0.3, -0.25) is 0 Å². The van der Waals surface area contributed by atoms with Crippen molar-refractivity contribution < 1.29 is 0 Å². The summed E-state index contributed by atoms with van der Waals surface area (Å²) in [6.45, 7) is 6.70. The molecule has 1 aromatic carbocycles. The number of aryl methyl sites for hydroxylation is 1. The van der Waals surface area contributed by atoms with Crippen molar-refractivity contribution in [2.75, 3.05) is 0 Å². The molecule has 1 aliphatic rings. The molecule has 0 bridgehead atoms. The Hall–Kier alpha value is -1.24. The van der Waals surface area contributed by atoms with Crippen molar-refractivity contribution in [3.8, 4) is 0 Å². The van der Waals surface area contributed by atoms with Gasteiger partial charge in [-0.05, 0) is 29.0 Å². The predicted molar refractivity (Wildman–Crippen MR) is 72.5 cm³/mol. The van der Waals surface area contributed by atoms with Gasteiger partial charge in [-0.2, -0.15) is 0 Å². The standard InChI is InChI=1S/C15H18B/c1-4-12-7-5-6-8-14(12)13-9-15(11(2)3)16-10-13/h5-11H,4H2,1-3H3. The second-order valence-electron chi connectivity index (χ2n) is 4.60. The monoisotopic (exact) mass is 209 g/mol. The molecule has 1 aromatic rings. The normalized spacial score (nSPS) is 14.8. The molecule has 81 valence electrons. The quantitative estimate of drug-likeness (QED) is 0.663. The van der Waals surface area contributed by atoms with Crippen molar-refractivity contribution in [3.63, 3.8) is 0 Å². The molecule has 2 rings (SSSR count). The minimum absolute atomic E-state index is 0.613. The van der Waals surface area contributed by atoms with Crippen LogP contribution in [0.25, 0.3) is 5.57 Å². The highest BCUT2D eigenvalue weighted by atomic mass is 14.1. The second kappa shape index (κ2) is 4.73. The minimum Gasteiger partial charge on any atom is -0.109 e. The molecule has 1 radical (unpaired) electrons. The number of benzene rings is 1. The summed E-state index contributed by atoms with van der Waals surface area (Å²) >= 11 is 0. The molecule has 0 aromatic heterocycles. The Morgan fingerprint density at radius 2 is 1.94 bits per heavy atom. The van der Waals surface area contributed by atoms with Gasteiger partial charge < -0.3 is 0 Å². The van der Waals surface area contributed by atoms with Crippen molar-refractivity contribution in [2.24, 2.45) is 5.92 Å². The Morgan fingerprint density at radius 3 is 2.56 bits per heavy atom. The molecule has 1 heterocycles. The lowest BCUT2D eigenvalue weighted by molar-refractivity contribution is 0.813. The first-order chi connectivity index (χ1) is 7.72. The third kappa shape index (κ3) is 2.14. The van der Waals surface area contributed by atoms with Crippen molar-refractivity contribution in [1.29, 1.82) is 0 Å². The van der Waals surface area contributed by atoms with Crippen LogP contribution >= 0.6 is 0 Å². The van der Waals surface area contributed by atoms with Crippen LogP contribution in [0.1, 0.15) is 31.9 Å². The number of rotatable bonds is 3. The fourth-order valence-corrected chi connectivity index (χ4v) is 2.10. The summed E-state index contributed by atoms with van der Waals surface area (Å²) in [5, 5.41) is 0. The van der Waals surface area contributed by atoms with Crippen molar-refractivity contribution in [1.82, 2.24) is 0 Å². The molecule has 0 N–H and O–H groups in total. The van der Waals surface area contributed by atoms with Crippen LogP contribution in [0.5, 0.6) is 0 Å². The van der Waals surface area contributed by atoms with Gasteiger partial charge in [0.15, 0.2) is 7.28 Å². The molecule has 0 unspecified atom stereocenters. The third-order valence-corrected chi connectivity index (χ3v) is 3.15. The van der Waals surface area contributed by atoms with E-state index in [4.69, 9.17) is 0 Å². The Bertz CT molecular complexity index is 439. The molecule has 0 atom stereocenters. The molecule has 0 saturated carbocycles. The number of allylic oxidation sites excluding steroid dienone is 3. The van der Waals surface area contributed by atoms with Crippen LogP contribution in [0.15, 0.2) is 41.8 Å². The van der Waals surface area contributed by atoms with E-state index in [9.17, 15) is 0 Å². The van der Waals surface area contributed by atoms with Gasteiger partial charge in [-0.25, -0.2) is 0 Å². The van der Waals surface area contributed by atoms with Gasteiger partial charge in [0.1, 0.15) is 0 Å². The van der Waals surface area contributed by atoms with Crippen LogP contribution in [0, 0.1) is 5.92 Å². The van der Waals surface area contributed by atoms with E-state index in [1.807, 2.05) is 0 Å².